The number of benzene rings is 1. The zero-order chi connectivity index (χ0) is 13.9. The van der Waals surface area contributed by atoms with Crippen LogP contribution in [0, 0.1) is 5.82 Å². The van der Waals surface area contributed by atoms with Gasteiger partial charge in [0.1, 0.15) is 5.82 Å². The number of hydrogen-bond acceptors (Lipinski definition) is 2. The summed E-state index contributed by atoms with van der Waals surface area (Å²) in [7, 11) is 1.61. The lowest BCUT2D eigenvalue weighted by Crippen LogP contribution is -2.52. The second kappa shape index (κ2) is 5.70. The average Bonchev–Trinajstić information content (AvgIpc) is 2.27. The molecule has 1 unspecified atom stereocenters. The molecule has 3 nitrogen and oxygen atoms in total. The van der Waals surface area contributed by atoms with Gasteiger partial charge in [-0.2, -0.15) is 0 Å². The van der Waals surface area contributed by atoms with Crippen molar-refractivity contribution in [3.8, 4) is 0 Å². The van der Waals surface area contributed by atoms with Crippen LogP contribution in [-0.2, 0) is 14.9 Å². The van der Waals surface area contributed by atoms with E-state index in [2.05, 4.69) is 5.32 Å². The Kier molecular flexibility index (Phi) is 4.20. The molecule has 104 valence electrons. The molecule has 0 aliphatic heterocycles. The number of ether oxygens (including phenoxy) is 1. The summed E-state index contributed by atoms with van der Waals surface area (Å²) >= 11 is 0. The molecule has 1 aromatic carbocycles. The van der Waals surface area contributed by atoms with Crippen molar-refractivity contribution < 1.29 is 13.9 Å². The summed E-state index contributed by atoms with van der Waals surface area (Å²) in [5.74, 6) is -0.310. The molecule has 1 aliphatic carbocycles. The van der Waals surface area contributed by atoms with Gasteiger partial charge in [-0.05, 0) is 37.5 Å². The lowest BCUT2D eigenvalue weighted by atomic mass is 9.63. The van der Waals surface area contributed by atoms with Crippen LogP contribution >= 0.6 is 0 Å². The third kappa shape index (κ3) is 2.78. The maximum absolute atomic E-state index is 13.4. The fourth-order valence-electron chi connectivity index (χ4n) is 2.62. The molecule has 1 atom stereocenters. The second-order valence-corrected chi connectivity index (χ2v) is 5.28. The summed E-state index contributed by atoms with van der Waals surface area (Å²) in [6, 6.07) is 6.34. The van der Waals surface area contributed by atoms with Crippen molar-refractivity contribution >= 4 is 5.91 Å². The molecule has 2 rings (SSSR count). The number of carbonyl (C=O) groups is 1. The van der Waals surface area contributed by atoms with E-state index in [0.717, 1.165) is 24.8 Å². The van der Waals surface area contributed by atoms with Crippen LogP contribution in [0.2, 0.25) is 0 Å². The Morgan fingerprint density at radius 2 is 2.26 bits per heavy atom. The van der Waals surface area contributed by atoms with Gasteiger partial charge < -0.3 is 10.1 Å². The van der Waals surface area contributed by atoms with E-state index >= 15 is 0 Å². The number of nitrogens with one attached hydrogen (secondary N) is 1. The van der Waals surface area contributed by atoms with E-state index in [1.54, 1.807) is 13.2 Å². The normalized spacial score (nSPS) is 18.5. The van der Waals surface area contributed by atoms with Gasteiger partial charge in [0.25, 0.3) is 0 Å². The van der Waals surface area contributed by atoms with Gasteiger partial charge in [-0.25, -0.2) is 4.39 Å². The van der Waals surface area contributed by atoms with Gasteiger partial charge in [0.05, 0.1) is 12.0 Å². The zero-order valence-corrected chi connectivity index (χ0v) is 11.4. The predicted octanol–water partition coefficient (Wildman–Crippen LogP) is 2.40. The number of amides is 1. The quantitative estimate of drug-likeness (QED) is 0.887. The van der Waals surface area contributed by atoms with E-state index in [1.807, 2.05) is 13.0 Å². The molecule has 0 radical (unpaired) electrons. The van der Waals surface area contributed by atoms with Crippen molar-refractivity contribution in [2.75, 3.05) is 13.7 Å². The molecule has 0 heterocycles. The number of halogens is 1. The Bertz CT molecular complexity index is 457. The smallest absolute Gasteiger partial charge is 0.230 e. The first-order valence-electron chi connectivity index (χ1n) is 6.64. The Hall–Kier alpha value is -1.42. The van der Waals surface area contributed by atoms with Gasteiger partial charge in [0.15, 0.2) is 0 Å². The van der Waals surface area contributed by atoms with Crippen LogP contribution in [0.3, 0.4) is 0 Å². The summed E-state index contributed by atoms with van der Waals surface area (Å²) in [4.78, 5) is 12.5. The van der Waals surface area contributed by atoms with Crippen molar-refractivity contribution in [1.29, 1.82) is 0 Å². The lowest BCUT2D eigenvalue weighted by molar-refractivity contribution is -0.130. The highest BCUT2D eigenvalue weighted by atomic mass is 19.1. The Morgan fingerprint density at radius 1 is 1.53 bits per heavy atom. The van der Waals surface area contributed by atoms with Crippen LogP contribution < -0.4 is 5.32 Å². The summed E-state index contributed by atoms with van der Waals surface area (Å²) in [6.45, 7) is 2.38. The van der Waals surface area contributed by atoms with Crippen LogP contribution in [-0.4, -0.2) is 25.7 Å². The molecule has 1 saturated carbocycles. The first-order chi connectivity index (χ1) is 9.08. The Labute approximate surface area is 113 Å². The molecular weight excluding hydrogens is 245 g/mol. The summed E-state index contributed by atoms with van der Waals surface area (Å²) in [5.41, 5.74) is 0.227. The van der Waals surface area contributed by atoms with Gasteiger partial charge in [-0.1, -0.05) is 18.6 Å². The van der Waals surface area contributed by atoms with Crippen molar-refractivity contribution in [1.82, 2.24) is 5.32 Å². The molecule has 4 heteroatoms. The largest absolute Gasteiger partial charge is 0.383 e. The van der Waals surface area contributed by atoms with Crippen LogP contribution in [0.1, 0.15) is 31.7 Å². The van der Waals surface area contributed by atoms with E-state index in [-0.39, 0.29) is 17.8 Å². The highest BCUT2D eigenvalue weighted by Crippen LogP contribution is 2.44. The monoisotopic (exact) mass is 265 g/mol. The third-order valence-electron chi connectivity index (χ3n) is 3.81. The molecule has 0 spiro atoms. The molecule has 0 aromatic heterocycles. The maximum Gasteiger partial charge on any atom is 0.230 e. The van der Waals surface area contributed by atoms with Crippen molar-refractivity contribution in [3.63, 3.8) is 0 Å². The molecule has 1 amide bonds. The topological polar surface area (TPSA) is 38.3 Å². The maximum atomic E-state index is 13.4. The van der Waals surface area contributed by atoms with Gasteiger partial charge in [0.2, 0.25) is 5.91 Å². The number of carbonyl (C=O) groups excluding carboxylic acids is 1. The van der Waals surface area contributed by atoms with Crippen molar-refractivity contribution in [3.05, 3.63) is 35.6 Å². The van der Waals surface area contributed by atoms with E-state index < -0.39 is 5.41 Å². The van der Waals surface area contributed by atoms with Crippen molar-refractivity contribution in [2.24, 2.45) is 0 Å². The molecule has 1 N–H and O–H groups in total. The first kappa shape index (κ1) is 14.0. The Morgan fingerprint density at radius 3 is 2.79 bits per heavy atom. The SMILES string of the molecule is COCC(C)NC(=O)C1(c2cccc(F)c2)CCC1. The van der Waals surface area contributed by atoms with E-state index in [1.165, 1.54) is 12.1 Å². The zero-order valence-electron chi connectivity index (χ0n) is 11.4. The van der Waals surface area contributed by atoms with Crippen LogP contribution in [0.25, 0.3) is 0 Å². The van der Waals surface area contributed by atoms with E-state index in [0.29, 0.717) is 6.61 Å². The van der Waals surface area contributed by atoms with Crippen LogP contribution in [0.15, 0.2) is 24.3 Å². The van der Waals surface area contributed by atoms with Gasteiger partial charge >= 0.3 is 0 Å². The number of methoxy groups -OCH3 is 1. The molecule has 0 bridgehead atoms. The van der Waals surface area contributed by atoms with Gasteiger partial charge in [-0.3, -0.25) is 4.79 Å². The standard InChI is InChI=1S/C15H20FNO2/c1-11(10-19-2)17-14(18)15(7-4-8-15)12-5-3-6-13(16)9-12/h3,5-6,9,11H,4,7-8,10H2,1-2H3,(H,17,18). The predicted molar refractivity (Wildman–Crippen MR) is 71.4 cm³/mol. The molecular formula is C15H20FNO2. The minimum Gasteiger partial charge on any atom is -0.383 e. The minimum absolute atomic E-state index is 0.0195. The molecule has 19 heavy (non-hydrogen) atoms. The highest BCUT2D eigenvalue weighted by molar-refractivity contribution is 5.89. The van der Waals surface area contributed by atoms with Crippen LogP contribution in [0.4, 0.5) is 4.39 Å². The summed E-state index contributed by atoms with van der Waals surface area (Å²) < 4.78 is 18.4. The van der Waals surface area contributed by atoms with Gasteiger partial charge in [0, 0.05) is 13.2 Å². The molecule has 1 aromatic rings. The first-order valence-corrected chi connectivity index (χ1v) is 6.64. The average molecular weight is 265 g/mol. The van der Waals surface area contributed by atoms with Crippen LogP contribution in [0.5, 0.6) is 0 Å². The number of hydrogen-bond donors (Lipinski definition) is 1. The van der Waals surface area contributed by atoms with E-state index in [9.17, 15) is 9.18 Å². The van der Waals surface area contributed by atoms with E-state index in [4.69, 9.17) is 4.74 Å². The third-order valence-corrected chi connectivity index (χ3v) is 3.81. The highest BCUT2D eigenvalue weighted by Gasteiger charge is 2.45. The Balaban J connectivity index is 2.16. The van der Waals surface area contributed by atoms with Crippen molar-refractivity contribution in [2.45, 2.75) is 37.6 Å². The molecule has 1 aliphatic rings. The fraction of sp³-hybridized carbons (Fsp3) is 0.533. The molecule has 0 saturated heterocycles. The lowest BCUT2D eigenvalue weighted by Gasteiger charge is -2.41. The second-order valence-electron chi connectivity index (χ2n) is 5.28. The van der Waals surface area contributed by atoms with Gasteiger partial charge in [-0.15, -0.1) is 0 Å². The fourth-order valence-corrected chi connectivity index (χ4v) is 2.62. The summed E-state index contributed by atoms with van der Waals surface area (Å²) in [5, 5.41) is 2.96. The summed E-state index contributed by atoms with van der Waals surface area (Å²) in [6.07, 6.45) is 2.56. The molecule has 1 fully saturated rings. The minimum atomic E-state index is -0.551. The number of rotatable bonds is 5.